The molecule has 1 aliphatic rings. The molecule has 3 heteroatoms. The topological polar surface area (TPSA) is 29.0 Å². The number of aromatic nitrogens is 2. The summed E-state index contributed by atoms with van der Waals surface area (Å²) in [4.78, 5) is 10.7. The Bertz CT molecular complexity index is 1100. The fourth-order valence-electron chi connectivity index (χ4n) is 4.19. The van der Waals surface area contributed by atoms with E-state index in [1.54, 1.807) is 6.33 Å². The van der Waals surface area contributed by atoms with Gasteiger partial charge in [-0.05, 0) is 46.1 Å². The van der Waals surface area contributed by atoms with Crippen LogP contribution in [0.1, 0.15) is 22.6 Å². The zero-order valence-corrected chi connectivity index (χ0v) is 15.3. The smallest absolute Gasteiger partial charge is 0.115 e. The second-order valence-corrected chi connectivity index (χ2v) is 7.40. The molecule has 3 aromatic carbocycles. The summed E-state index contributed by atoms with van der Waals surface area (Å²) in [6.45, 7) is 2.01. The minimum atomic E-state index is 0.393. The zero-order chi connectivity index (χ0) is 18.2. The number of benzene rings is 3. The monoisotopic (exact) mass is 351 g/mol. The molecule has 27 heavy (non-hydrogen) atoms. The minimum Gasteiger partial charge on any atom is -0.301 e. The lowest BCUT2D eigenvalue weighted by Gasteiger charge is -2.33. The van der Waals surface area contributed by atoms with Crippen LogP contribution in [0.2, 0.25) is 0 Å². The van der Waals surface area contributed by atoms with Crippen molar-refractivity contribution in [1.82, 2.24) is 14.9 Å². The summed E-state index contributed by atoms with van der Waals surface area (Å²) in [6.07, 6.45) is 5.33. The van der Waals surface area contributed by atoms with Crippen molar-refractivity contribution in [2.75, 3.05) is 13.6 Å². The van der Waals surface area contributed by atoms with Crippen LogP contribution in [0.25, 0.3) is 21.9 Å². The molecule has 0 bridgehead atoms. The normalized spacial score (nSPS) is 17.0. The molecule has 0 saturated heterocycles. The Morgan fingerprint density at radius 3 is 2.52 bits per heavy atom. The lowest BCUT2D eigenvalue weighted by Crippen LogP contribution is -2.31. The van der Waals surface area contributed by atoms with E-state index in [4.69, 9.17) is 0 Å². The molecule has 3 nitrogen and oxygen atoms in total. The quantitative estimate of drug-likeness (QED) is 0.516. The SMILES string of the molecule is CN1Cc2cc(-c3cncnc3)ccc2C(c2ccc3ccccc3c2)C1. The Hall–Kier alpha value is -3.04. The third kappa shape index (κ3) is 3.00. The van der Waals surface area contributed by atoms with Gasteiger partial charge in [0.05, 0.1) is 0 Å². The second-order valence-electron chi connectivity index (χ2n) is 7.40. The molecule has 0 radical (unpaired) electrons. The summed E-state index contributed by atoms with van der Waals surface area (Å²) in [5.74, 6) is 0.393. The lowest BCUT2D eigenvalue weighted by atomic mass is 9.83. The van der Waals surface area contributed by atoms with Crippen LogP contribution < -0.4 is 0 Å². The van der Waals surface area contributed by atoms with Gasteiger partial charge in [0.25, 0.3) is 0 Å². The molecule has 2 heterocycles. The zero-order valence-electron chi connectivity index (χ0n) is 15.3. The van der Waals surface area contributed by atoms with E-state index >= 15 is 0 Å². The van der Waals surface area contributed by atoms with Gasteiger partial charge in [-0.15, -0.1) is 0 Å². The van der Waals surface area contributed by atoms with E-state index in [0.717, 1.165) is 18.7 Å². The highest BCUT2D eigenvalue weighted by molar-refractivity contribution is 5.83. The predicted molar refractivity (Wildman–Crippen MR) is 110 cm³/mol. The van der Waals surface area contributed by atoms with Gasteiger partial charge >= 0.3 is 0 Å². The molecular weight excluding hydrogens is 330 g/mol. The average Bonchev–Trinajstić information content (AvgIpc) is 2.73. The average molecular weight is 351 g/mol. The van der Waals surface area contributed by atoms with Gasteiger partial charge < -0.3 is 4.90 Å². The number of nitrogens with zero attached hydrogens (tertiary/aromatic N) is 3. The van der Waals surface area contributed by atoms with Gasteiger partial charge in [0.2, 0.25) is 0 Å². The molecule has 0 fully saturated rings. The number of hydrogen-bond acceptors (Lipinski definition) is 3. The van der Waals surface area contributed by atoms with Crippen LogP contribution in [0.15, 0.2) is 79.4 Å². The number of rotatable bonds is 2. The first-order valence-corrected chi connectivity index (χ1v) is 9.33. The van der Waals surface area contributed by atoms with Gasteiger partial charge in [-0.3, -0.25) is 0 Å². The van der Waals surface area contributed by atoms with Gasteiger partial charge in [0.1, 0.15) is 6.33 Å². The molecule has 5 rings (SSSR count). The molecular formula is C24H21N3. The summed E-state index contributed by atoms with van der Waals surface area (Å²) in [7, 11) is 2.20. The van der Waals surface area contributed by atoms with E-state index in [0.29, 0.717) is 5.92 Å². The Balaban J connectivity index is 1.59. The molecule has 4 aromatic rings. The van der Waals surface area contributed by atoms with E-state index in [9.17, 15) is 0 Å². The Kier molecular flexibility index (Phi) is 3.95. The number of likely N-dealkylation sites (N-methyl/N-ethyl adjacent to an activating group) is 1. The van der Waals surface area contributed by atoms with Crippen molar-refractivity contribution in [2.24, 2.45) is 0 Å². The van der Waals surface area contributed by atoms with Crippen LogP contribution in [-0.4, -0.2) is 28.5 Å². The molecule has 1 aliphatic heterocycles. The van der Waals surface area contributed by atoms with Crippen molar-refractivity contribution in [3.05, 3.63) is 96.1 Å². The van der Waals surface area contributed by atoms with Crippen LogP contribution in [-0.2, 0) is 6.54 Å². The Morgan fingerprint density at radius 2 is 1.67 bits per heavy atom. The molecule has 0 amide bonds. The van der Waals surface area contributed by atoms with Crippen molar-refractivity contribution < 1.29 is 0 Å². The third-order valence-corrected chi connectivity index (χ3v) is 5.52. The Labute approximate surface area is 159 Å². The van der Waals surface area contributed by atoms with Crippen LogP contribution >= 0.6 is 0 Å². The first kappa shape index (κ1) is 16.2. The second kappa shape index (κ2) is 6.60. The first-order valence-electron chi connectivity index (χ1n) is 9.33. The van der Waals surface area contributed by atoms with Crippen molar-refractivity contribution >= 4 is 10.8 Å². The van der Waals surface area contributed by atoms with Crippen LogP contribution in [0.5, 0.6) is 0 Å². The lowest BCUT2D eigenvalue weighted by molar-refractivity contribution is 0.295. The van der Waals surface area contributed by atoms with Crippen molar-refractivity contribution in [1.29, 1.82) is 0 Å². The van der Waals surface area contributed by atoms with Crippen LogP contribution in [0.3, 0.4) is 0 Å². The highest BCUT2D eigenvalue weighted by atomic mass is 15.1. The molecule has 0 N–H and O–H groups in total. The molecule has 1 atom stereocenters. The Morgan fingerprint density at radius 1 is 0.852 bits per heavy atom. The fraction of sp³-hybridized carbons (Fsp3) is 0.167. The number of hydrogen-bond donors (Lipinski definition) is 0. The molecule has 1 unspecified atom stereocenters. The highest BCUT2D eigenvalue weighted by Gasteiger charge is 2.25. The van der Waals surface area contributed by atoms with Gasteiger partial charge in [0, 0.05) is 37.0 Å². The molecule has 1 aromatic heterocycles. The van der Waals surface area contributed by atoms with Gasteiger partial charge in [0.15, 0.2) is 0 Å². The summed E-state index contributed by atoms with van der Waals surface area (Å²) < 4.78 is 0. The standard InChI is InChI=1S/C24H21N3/c1-27-14-21-11-19(22-12-25-16-26-13-22)8-9-23(21)24(15-27)20-7-6-17-4-2-3-5-18(17)10-20/h2-13,16,24H,14-15H2,1H3. The van der Waals surface area contributed by atoms with E-state index in [1.807, 2.05) is 12.4 Å². The maximum Gasteiger partial charge on any atom is 0.115 e. The van der Waals surface area contributed by atoms with Crippen molar-refractivity contribution in [3.8, 4) is 11.1 Å². The summed E-state index contributed by atoms with van der Waals surface area (Å²) in [5, 5.41) is 2.60. The molecule has 0 saturated carbocycles. The van der Waals surface area contributed by atoms with Crippen LogP contribution in [0.4, 0.5) is 0 Å². The van der Waals surface area contributed by atoms with E-state index in [-0.39, 0.29) is 0 Å². The van der Waals surface area contributed by atoms with Crippen LogP contribution in [0, 0.1) is 0 Å². The van der Waals surface area contributed by atoms with E-state index in [2.05, 4.69) is 82.6 Å². The maximum atomic E-state index is 4.16. The third-order valence-electron chi connectivity index (χ3n) is 5.52. The molecule has 0 aliphatic carbocycles. The van der Waals surface area contributed by atoms with Gasteiger partial charge in [-0.1, -0.05) is 54.6 Å². The van der Waals surface area contributed by atoms with E-state index in [1.165, 1.54) is 33.0 Å². The minimum absolute atomic E-state index is 0.393. The summed E-state index contributed by atoms with van der Waals surface area (Å²) in [6, 6.07) is 22.3. The largest absolute Gasteiger partial charge is 0.301 e. The van der Waals surface area contributed by atoms with Gasteiger partial charge in [-0.2, -0.15) is 0 Å². The highest BCUT2D eigenvalue weighted by Crippen LogP contribution is 2.36. The molecule has 0 spiro atoms. The summed E-state index contributed by atoms with van der Waals surface area (Å²) >= 11 is 0. The van der Waals surface area contributed by atoms with Gasteiger partial charge in [-0.25, -0.2) is 9.97 Å². The predicted octanol–water partition coefficient (Wildman–Crippen LogP) is 4.87. The van der Waals surface area contributed by atoms with E-state index < -0.39 is 0 Å². The van der Waals surface area contributed by atoms with Crippen molar-refractivity contribution in [2.45, 2.75) is 12.5 Å². The van der Waals surface area contributed by atoms with Crippen molar-refractivity contribution in [3.63, 3.8) is 0 Å². The first-order chi connectivity index (χ1) is 13.3. The summed E-state index contributed by atoms with van der Waals surface area (Å²) in [5.41, 5.74) is 6.46. The molecule has 132 valence electrons. The fourth-order valence-corrected chi connectivity index (χ4v) is 4.19. The maximum absolute atomic E-state index is 4.16. The number of fused-ring (bicyclic) bond motifs is 2.